The van der Waals surface area contributed by atoms with Crippen LogP contribution in [-0.4, -0.2) is 77.1 Å². The molecule has 0 amide bonds. The largest absolute Gasteiger partial charge is 0.381 e. The van der Waals surface area contributed by atoms with Crippen LogP contribution in [0.5, 0.6) is 0 Å². The van der Waals surface area contributed by atoms with E-state index in [4.69, 9.17) is 9.47 Å². The summed E-state index contributed by atoms with van der Waals surface area (Å²) in [6, 6.07) is 7.41. The maximum absolute atomic E-state index is 5.64. The van der Waals surface area contributed by atoms with Crippen LogP contribution in [-0.2, 0) is 9.47 Å². The highest BCUT2D eigenvalue weighted by Gasteiger charge is 2.40. The molecule has 1 saturated carbocycles. The molecule has 1 aromatic carbocycles. The Labute approximate surface area is 214 Å². The van der Waals surface area contributed by atoms with Crippen molar-refractivity contribution in [2.75, 3.05) is 82.0 Å². The highest BCUT2D eigenvalue weighted by Crippen LogP contribution is 2.53. The van der Waals surface area contributed by atoms with Crippen molar-refractivity contribution < 1.29 is 9.47 Å². The van der Waals surface area contributed by atoms with E-state index in [0.29, 0.717) is 16.7 Å². The topological polar surface area (TPSA) is 28.2 Å². The zero-order valence-corrected chi connectivity index (χ0v) is 22.9. The molecule has 3 heterocycles. The summed E-state index contributed by atoms with van der Waals surface area (Å²) in [4.78, 5) is 7.94. The van der Waals surface area contributed by atoms with Gasteiger partial charge in [0.1, 0.15) is 0 Å². The minimum Gasteiger partial charge on any atom is -0.381 e. The van der Waals surface area contributed by atoms with E-state index in [1.807, 2.05) is 0 Å². The summed E-state index contributed by atoms with van der Waals surface area (Å²) < 4.78 is 11.2. The van der Waals surface area contributed by atoms with Crippen molar-refractivity contribution in [3.8, 4) is 0 Å². The second-order valence-corrected chi connectivity index (χ2v) is 13.3. The van der Waals surface area contributed by atoms with Gasteiger partial charge in [-0.3, -0.25) is 4.90 Å². The molecule has 0 bridgehead atoms. The van der Waals surface area contributed by atoms with Crippen molar-refractivity contribution in [2.24, 2.45) is 16.7 Å². The minimum absolute atomic E-state index is 0.390. The predicted molar refractivity (Wildman–Crippen MR) is 146 cm³/mol. The van der Waals surface area contributed by atoms with E-state index >= 15 is 0 Å². The Morgan fingerprint density at radius 1 is 0.771 bits per heavy atom. The average Bonchev–Trinajstić information content (AvgIpc) is 2.83. The zero-order valence-electron chi connectivity index (χ0n) is 22.9. The van der Waals surface area contributed by atoms with Crippen LogP contribution in [0.4, 0.5) is 11.4 Å². The van der Waals surface area contributed by atoms with E-state index < -0.39 is 0 Å². The van der Waals surface area contributed by atoms with Gasteiger partial charge >= 0.3 is 0 Å². The van der Waals surface area contributed by atoms with Crippen molar-refractivity contribution in [3.63, 3.8) is 0 Å². The average molecular weight is 484 g/mol. The number of rotatable bonds is 5. The minimum atomic E-state index is 0.390. The highest BCUT2D eigenvalue weighted by atomic mass is 16.5. The van der Waals surface area contributed by atoms with Crippen LogP contribution in [0.2, 0.25) is 0 Å². The quantitative estimate of drug-likeness (QED) is 0.560. The Hall–Kier alpha value is -1.30. The molecule has 0 N–H and O–H groups in total. The van der Waals surface area contributed by atoms with E-state index in [2.05, 4.69) is 60.6 Å². The third kappa shape index (κ3) is 6.34. The summed E-state index contributed by atoms with van der Waals surface area (Å²) in [5.41, 5.74) is 5.28. The van der Waals surface area contributed by atoms with Gasteiger partial charge in [0.2, 0.25) is 0 Å². The van der Waals surface area contributed by atoms with Crippen molar-refractivity contribution in [1.82, 2.24) is 4.90 Å². The Morgan fingerprint density at radius 2 is 1.40 bits per heavy atom. The van der Waals surface area contributed by atoms with Crippen molar-refractivity contribution in [3.05, 3.63) is 23.8 Å². The smallest absolute Gasteiger partial charge is 0.0642 e. The van der Waals surface area contributed by atoms with Crippen LogP contribution in [0.1, 0.15) is 71.3 Å². The van der Waals surface area contributed by atoms with Crippen LogP contribution in [0.15, 0.2) is 18.2 Å². The summed E-state index contributed by atoms with van der Waals surface area (Å²) in [7, 11) is 0. The van der Waals surface area contributed by atoms with Gasteiger partial charge in [0.25, 0.3) is 0 Å². The molecule has 1 aromatic rings. The molecule has 3 saturated heterocycles. The number of hydrogen-bond acceptors (Lipinski definition) is 5. The maximum atomic E-state index is 5.64. The fourth-order valence-corrected chi connectivity index (χ4v) is 7.71. The third-order valence-corrected chi connectivity index (χ3v) is 8.95. The molecule has 5 heteroatoms. The summed E-state index contributed by atoms with van der Waals surface area (Å²) >= 11 is 0. The van der Waals surface area contributed by atoms with Gasteiger partial charge in [-0.2, -0.15) is 0 Å². The molecule has 3 aliphatic heterocycles. The van der Waals surface area contributed by atoms with Crippen molar-refractivity contribution in [2.45, 2.75) is 65.7 Å². The summed E-state index contributed by atoms with van der Waals surface area (Å²) in [5.74, 6) is 1.45. The molecule has 0 unspecified atom stereocenters. The molecule has 5 rings (SSSR count). The van der Waals surface area contributed by atoms with E-state index in [-0.39, 0.29) is 0 Å². The molecule has 0 radical (unpaired) electrons. The SMILES string of the molecule is CC1(C)CC(c2cc(N3CCOCC3)ccc2N2CCN(CC3CCOCC3)CC2)CC(C)(C)C1. The third-order valence-electron chi connectivity index (χ3n) is 8.95. The maximum Gasteiger partial charge on any atom is 0.0642 e. The summed E-state index contributed by atoms with van der Waals surface area (Å²) in [6.07, 6.45) is 6.38. The van der Waals surface area contributed by atoms with Crippen LogP contribution in [0, 0.1) is 16.7 Å². The number of morpholine rings is 1. The number of nitrogens with zero attached hydrogens (tertiary/aromatic N) is 3. The molecule has 1 aliphatic carbocycles. The predicted octanol–water partition coefficient (Wildman–Crippen LogP) is 5.39. The van der Waals surface area contributed by atoms with Crippen LogP contribution in [0.25, 0.3) is 0 Å². The first-order valence-corrected chi connectivity index (χ1v) is 14.3. The summed E-state index contributed by atoms with van der Waals surface area (Å²) in [5, 5.41) is 0. The fraction of sp³-hybridized carbons (Fsp3) is 0.800. The van der Waals surface area contributed by atoms with Gasteiger partial charge < -0.3 is 19.3 Å². The molecule has 4 fully saturated rings. The first kappa shape index (κ1) is 25.4. The first-order valence-electron chi connectivity index (χ1n) is 14.3. The highest BCUT2D eigenvalue weighted by molar-refractivity contribution is 5.64. The zero-order chi connectivity index (χ0) is 24.5. The molecular weight excluding hydrogens is 434 g/mol. The Morgan fingerprint density at radius 3 is 2.06 bits per heavy atom. The van der Waals surface area contributed by atoms with Gasteiger partial charge in [-0.15, -0.1) is 0 Å². The number of ether oxygens (including phenoxy) is 2. The summed E-state index contributed by atoms with van der Waals surface area (Å²) in [6.45, 7) is 21.5. The Balaban J connectivity index is 1.35. The van der Waals surface area contributed by atoms with Gasteiger partial charge in [0.05, 0.1) is 13.2 Å². The van der Waals surface area contributed by atoms with E-state index in [1.165, 1.54) is 63.1 Å². The number of anilines is 2. The Kier molecular flexibility index (Phi) is 7.67. The number of hydrogen-bond donors (Lipinski definition) is 0. The lowest BCUT2D eigenvalue weighted by atomic mass is 9.60. The van der Waals surface area contributed by atoms with Gasteiger partial charge in [-0.25, -0.2) is 0 Å². The van der Waals surface area contributed by atoms with Crippen LogP contribution >= 0.6 is 0 Å². The molecule has 35 heavy (non-hydrogen) atoms. The van der Waals surface area contributed by atoms with E-state index in [9.17, 15) is 0 Å². The lowest BCUT2D eigenvalue weighted by Gasteiger charge is -2.47. The van der Waals surface area contributed by atoms with Crippen LogP contribution in [0.3, 0.4) is 0 Å². The van der Waals surface area contributed by atoms with E-state index in [0.717, 1.165) is 58.5 Å². The second kappa shape index (κ2) is 10.6. The lowest BCUT2D eigenvalue weighted by Crippen LogP contribution is -2.48. The second-order valence-electron chi connectivity index (χ2n) is 13.3. The molecule has 5 nitrogen and oxygen atoms in total. The standard InChI is InChI=1S/C30H49N3O2/c1-29(2)20-25(21-30(3,4)23-29)27-19-26(32-13-17-35-18-14-32)5-6-28(27)33-11-9-31(10-12-33)22-24-7-15-34-16-8-24/h5-6,19,24-25H,7-18,20-23H2,1-4H3. The lowest BCUT2D eigenvalue weighted by molar-refractivity contribution is 0.0517. The fourth-order valence-electron chi connectivity index (χ4n) is 7.71. The van der Waals surface area contributed by atoms with Crippen molar-refractivity contribution in [1.29, 1.82) is 0 Å². The van der Waals surface area contributed by atoms with E-state index in [1.54, 1.807) is 5.56 Å². The van der Waals surface area contributed by atoms with Gasteiger partial charge in [-0.1, -0.05) is 27.7 Å². The normalized spacial score (nSPS) is 26.7. The monoisotopic (exact) mass is 483 g/mol. The number of benzene rings is 1. The molecule has 0 spiro atoms. The van der Waals surface area contributed by atoms with Crippen LogP contribution < -0.4 is 9.80 Å². The van der Waals surface area contributed by atoms with Gasteiger partial charge in [0.15, 0.2) is 0 Å². The molecule has 4 aliphatic rings. The Bertz CT molecular complexity index is 818. The molecular formula is C30H49N3O2. The molecule has 0 aromatic heterocycles. The van der Waals surface area contributed by atoms with Crippen molar-refractivity contribution >= 4 is 11.4 Å². The molecule has 0 atom stereocenters. The number of piperazine rings is 1. The van der Waals surface area contributed by atoms with Gasteiger partial charge in [-0.05, 0) is 78.5 Å². The van der Waals surface area contributed by atoms with Gasteiger partial charge in [0, 0.05) is 70.4 Å². The first-order chi connectivity index (χ1) is 16.8. The molecule has 196 valence electrons.